The Kier molecular flexibility index (Phi) is 5.21. The minimum Gasteiger partial charge on any atom is -0.478 e. The number of aromatic nitrogens is 4. The van der Waals surface area contributed by atoms with Gasteiger partial charge in [0.1, 0.15) is 5.82 Å². The number of aliphatic imine (C=N–C) groups is 1. The number of allylic oxidation sites excluding steroid dienone is 1. The van der Waals surface area contributed by atoms with E-state index in [9.17, 15) is 14.7 Å². The molecule has 4 aromatic rings. The summed E-state index contributed by atoms with van der Waals surface area (Å²) in [5.41, 5.74) is 10.4. The number of carboxylic acids is 1. The highest BCUT2D eigenvalue weighted by Gasteiger charge is 2.25. The number of pyridine rings is 1. The van der Waals surface area contributed by atoms with Gasteiger partial charge in [-0.2, -0.15) is 9.61 Å². The molecule has 1 unspecified atom stereocenters. The first-order valence-electron chi connectivity index (χ1n) is 10.6. The molecule has 4 heterocycles. The van der Waals surface area contributed by atoms with E-state index in [4.69, 9.17) is 10.7 Å². The van der Waals surface area contributed by atoms with Crippen LogP contribution < -0.4 is 5.73 Å². The minimum absolute atomic E-state index is 0.0148. The van der Waals surface area contributed by atoms with Crippen molar-refractivity contribution in [2.24, 2.45) is 4.99 Å². The smallest absolute Gasteiger partial charge is 0.337 e. The van der Waals surface area contributed by atoms with E-state index in [1.165, 1.54) is 29.9 Å². The summed E-state index contributed by atoms with van der Waals surface area (Å²) >= 11 is 0. The number of hydrogen-bond acceptors (Lipinski definition) is 7. The highest BCUT2D eigenvalue weighted by Crippen LogP contribution is 2.33. The standard InChI is InChI=1S/C25H20N6O3/c1-14(32)21-22(17-9-18(25(33)34)11-27-10-17)30-24-19(13-29-31(24)23(21)26)16-7-8-20(28-12-16)15-5-3-2-4-6-15/h2-6,8-13,16H,7,26H2,1H3,(H,33,34). The normalized spacial score (nSPS) is 15.3. The summed E-state index contributed by atoms with van der Waals surface area (Å²) in [4.78, 5) is 37.3. The largest absolute Gasteiger partial charge is 0.478 e. The van der Waals surface area contributed by atoms with Crippen molar-refractivity contribution in [1.29, 1.82) is 0 Å². The van der Waals surface area contributed by atoms with Gasteiger partial charge < -0.3 is 10.8 Å². The first kappa shape index (κ1) is 21.2. The lowest BCUT2D eigenvalue weighted by atomic mass is 9.95. The van der Waals surface area contributed by atoms with Crippen LogP contribution in [0.5, 0.6) is 0 Å². The number of carboxylic acid groups (broad SMARTS) is 1. The van der Waals surface area contributed by atoms with Crippen molar-refractivity contribution >= 4 is 35.1 Å². The maximum atomic E-state index is 12.5. The molecule has 0 fully saturated rings. The molecule has 0 spiro atoms. The van der Waals surface area contributed by atoms with Gasteiger partial charge >= 0.3 is 5.97 Å². The molecule has 1 aliphatic rings. The molecule has 1 aromatic carbocycles. The average molecular weight is 452 g/mol. The second-order valence-electron chi connectivity index (χ2n) is 7.96. The molecule has 5 rings (SSSR count). The summed E-state index contributed by atoms with van der Waals surface area (Å²) in [6.45, 7) is 1.38. The van der Waals surface area contributed by atoms with Gasteiger partial charge in [-0.05, 0) is 25.0 Å². The molecule has 0 saturated carbocycles. The molecular formula is C25H20N6O3. The molecule has 0 amide bonds. The SMILES string of the molecule is CC(=O)c1c(-c2cncc(C(=O)O)c2)nc2c(C3C=NC(c4ccccc4)=CC3)cnn2c1N. The van der Waals surface area contributed by atoms with E-state index in [0.29, 0.717) is 17.6 Å². The molecule has 9 heteroatoms. The number of hydrogen-bond donors (Lipinski definition) is 2. The lowest BCUT2D eigenvalue weighted by Gasteiger charge is -2.16. The second-order valence-corrected chi connectivity index (χ2v) is 7.96. The summed E-state index contributed by atoms with van der Waals surface area (Å²) in [7, 11) is 0. The van der Waals surface area contributed by atoms with Crippen molar-refractivity contribution in [2.45, 2.75) is 19.3 Å². The van der Waals surface area contributed by atoms with Gasteiger partial charge in [0.05, 0.1) is 28.7 Å². The van der Waals surface area contributed by atoms with Gasteiger partial charge in [-0.25, -0.2) is 9.78 Å². The second kappa shape index (κ2) is 8.36. The van der Waals surface area contributed by atoms with Crippen LogP contribution in [0.2, 0.25) is 0 Å². The molecule has 34 heavy (non-hydrogen) atoms. The number of nitrogens with zero attached hydrogens (tertiary/aromatic N) is 5. The molecule has 3 N–H and O–H groups in total. The van der Waals surface area contributed by atoms with E-state index in [2.05, 4.69) is 21.2 Å². The van der Waals surface area contributed by atoms with Gasteiger partial charge in [0.2, 0.25) is 0 Å². The lowest BCUT2D eigenvalue weighted by Crippen LogP contribution is -2.12. The molecule has 3 aromatic heterocycles. The van der Waals surface area contributed by atoms with E-state index in [1.54, 1.807) is 6.20 Å². The van der Waals surface area contributed by atoms with E-state index < -0.39 is 5.97 Å². The average Bonchev–Trinajstić information content (AvgIpc) is 3.29. The third-order valence-electron chi connectivity index (χ3n) is 5.75. The maximum Gasteiger partial charge on any atom is 0.337 e. The van der Waals surface area contributed by atoms with Crippen molar-refractivity contribution in [3.05, 3.63) is 83.3 Å². The minimum atomic E-state index is -1.13. The Labute approximate surface area is 194 Å². The zero-order valence-electron chi connectivity index (χ0n) is 18.2. The van der Waals surface area contributed by atoms with Gasteiger partial charge in [-0.1, -0.05) is 36.4 Å². The highest BCUT2D eigenvalue weighted by molar-refractivity contribution is 6.05. The fraction of sp³-hybridized carbons (Fsp3) is 0.120. The van der Waals surface area contributed by atoms with Gasteiger partial charge in [0, 0.05) is 35.7 Å². The van der Waals surface area contributed by atoms with Crippen LogP contribution in [0.15, 0.2) is 66.1 Å². The Balaban J connectivity index is 1.61. The van der Waals surface area contributed by atoms with E-state index in [-0.39, 0.29) is 34.3 Å². The Bertz CT molecular complexity index is 1500. The lowest BCUT2D eigenvalue weighted by molar-refractivity contribution is 0.0696. The summed E-state index contributed by atoms with van der Waals surface area (Å²) < 4.78 is 1.44. The topological polar surface area (TPSA) is 136 Å². The van der Waals surface area contributed by atoms with Crippen molar-refractivity contribution in [2.75, 3.05) is 5.73 Å². The number of rotatable bonds is 5. The molecule has 9 nitrogen and oxygen atoms in total. The van der Waals surface area contributed by atoms with Crippen LogP contribution in [0, 0.1) is 0 Å². The van der Waals surface area contributed by atoms with Crippen molar-refractivity contribution in [3.8, 4) is 11.3 Å². The van der Waals surface area contributed by atoms with Crippen LogP contribution >= 0.6 is 0 Å². The van der Waals surface area contributed by atoms with Crippen LogP contribution in [0.25, 0.3) is 22.6 Å². The van der Waals surface area contributed by atoms with Gasteiger partial charge in [0.15, 0.2) is 11.4 Å². The number of ketones is 1. The van der Waals surface area contributed by atoms with Gasteiger partial charge in [-0.3, -0.25) is 14.8 Å². The number of carbonyl (C=O) groups excluding carboxylic acids is 1. The zero-order chi connectivity index (χ0) is 23.8. The molecule has 0 bridgehead atoms. The molecule has 1 atom stereocenters. The Morgan fingerprint density at radius 2 is 1.91 bits per heavy atom. The van der Waals surface area contributed by atoms with Gasteiger partial charge in [-0.15, -0.1) is 0 Å². The number of nitrogens with two attached hydrogens (primary N) is 1. The van der Waals surface area contributed by atoms with Crippen molar-refractivity contribution < 1.29 is 14.7 Å². The number of fused-ring (bicyclic) bond motifs is 1. The predicted molar refractivity (Wildman–Crippen MR) is 128 cm³/mol. The van der Waals surface area contributed by atoms with Crippen molar-refractivity contribution in [3.63, 3.8) is 0 Å². The molecule has 0 saturated heterocycles. The van der Waals surface area contributed by atoms with Crippen molar-refractivity contribution in [1.82, 2.24) is 19.6 Å². The first-order chi connectivity index (χ1) is 16.4. The Hall–Kier alpha value is -4.66. The number of benzene rings is 1. The molecule has 168 valence electrons. The highest BCUT2D eigenvalue weighted by atomic mass is 16.4. The molecule has 0 radical (unpaired) electrons. The number of aromatic carboxylic acids is 1. The maximum absolute atomic E-state index is 12.5. The first-order valence-corrected chi connectivity index (χ1v) is 10.6. The molecule has 1 aliphatic heterocycles. The third kappa shape index (κ3) is 3.62. The van der Waals surface area contributed by atoms with E-state index in [1.807, 2.05) is 36.5 Å². The van der Waals surface area contributed by atoms with Crippen LogP contribution in [-0.4, -0.2) is 42.7 Å². The molecule has 0 aliphatic carbocycles. The summed E-state index contributed by atoms with van der Waals surface area (Å²) in [5, 5.41) is 13.7. The number of anilines is 1. The summed E-state index contributed by atoms with van der Waals surface area (Å²) in [6, 6.07) is 11.3. The van der Waals surface area contributed by atoms with Crippen LogP contribution in [-0.2, 0) is 0 Å². The third-order valence-corrected chi connectivity index (χ3v) is 5.75. The molecular weight excluding hydrogens is 432 g/mol. The van der Waals surface area contributed by atoms with E-state index >= 15 is 0 Å². The van der Waals surface area contributed by atoms with Crippen LogP contribution in [0.1, 0.15) is 51.1 Å². The summed E-state index contributed by atoms with van der Waals surface area (Å²) in [6.07, 6.45) is 9.00. The number of nitrogen functional groups attached to an aromatic ring is 1. The van der Waals surface area contributed by atoms with E-state index in [0.717, 1.165) is 16.8 Å². The number of Topliss-reactive ketones (excluding diaryl/α,β-unsaturated/α-hetero) is 1. The Morgan fingerprint density at radius 1 is 1.12 bits per heavy atom. The Morgan fingerprint density at radius 3 is 2.59 bits per heavy atom. The predicted octanol–water partition coefficient (Wildman–Crippen LogP) is 3.87. The fourth-order valence-electron chi connectivity index (χ4n) is 4.07. The van der Waals surface area contributed by atoms with Gasteiger partial charge in [0.25, 0.3) is 0 Å². The summed E-state index contributed by atoms with van der Waals surface area (Å²) in [5.74, 6) is -1.39. The quantitative estimate of drug-likeness (QED) is 0.439. The fourth-order valence-corrected chi connectivity index (χ4v) is 4.07. The van der Waals surface area contributed by atoms with Crippen LogP contribution in [0.3, 0.4) is 0 Å². The van der Waals surface area contributed by atoms with Crippen LogP contribution in [0.4, 0.5) is 5.82 Å². The monoisotopic (exact) mass is 452 g/mol. The zero-order valence-corrected chi connectivity index (χ0v) is 18.2. The number of carbonyl (C=O) groups is 2.